The second-order valence-corrected chi connectivity index (χ2v) is 16.6. The molecule has 2 aliphatic carbocycles. The lowest BCUT2D eigenvalue weighted by molar-refractivity contribution is -0.115. The lowest BCUT2D eigenvalue weighted by atomic mass is 9.87. The number of nitrogens with one attached hydrogen (secondary N) is 2. The summed E-state index contributed by atoms with van der Waals surface area (Å²) in [6.45, 7) is 0.968. The third-order valence-electron chi connectivity index (χ3n) is 8.10. The number of methoxy groups -OCH3 is 2. The number of amides is 2. The molecule has 4 atom stereocenters. The van der Waals surface area contributed by atoms with Crippen LogP contribution in [0.25, 0.3) is 0 Å². The minimum absolute atomic E-state index is 0.0728. The smallest absolute Gasteiger partial charge is 0.269 e. The van der Waals surface area contributed by atoms with E-state index < -0.39 is 35.2 Å². The van der Waals surface area contributed by atoms with Gasteiger partial charge in [0.1, 0.15) is 40.9 Å². The summed E-state index contributed by atoms with van der Waals surface area (Å²) < 4.78 is 19.9. The van der Waals surface area contributed by atoms with Crippen LogP contribution < -0.4 is 15.4 Å². The van der Waals surface area contributed by atoms with Gasteiger partial charge in [-0.3, -0.25) is 9.59 Å². The van der Waals surface area contributed by atoms with E-state index in [1.54, 1.807) is 12.2 Å². The van der Waals surface area contributed by atoms with Crippen LogP contribution in [-0.2, 0) is 35.2 Å². The lowest BCUT2D eigenvalue weighted by Gasteiger charge is -2.33. The van der Waals surface area contributed by atoms with Crippen LogP contribution in [0.3, 0.4) is 0 Å². The summed E-state index contributed by atoms with van der Waals surface area (Å²) in [5, 5.41) is 35.2. The molecule has 1 unspecified atom stereocenters. The molecule has 19 heteroatoms. The van der Waals surface area contributed by atoms with E-state index >= 15 is 0 Å². The first-order chi connectivity index (χ1) is 23.8. The molecule has 0 radical (unpaired) electrons. The zero-order chi connectivity index (χ0) is 36.4. The first-order valence-electron chi connectivity index (χ1n) is 14.9. The van der Waals surface area contributed by atoms with Gasteiger partial charge in [-0.15, -0.1) is 0 Å². The van der Waals surface area contributed by atoms with Gasteiger partial charge in [0.05, 0.1) is 47.7 Å². The van der Waals surface area contributed by atoms with Crippen molar-refractivity contribution < 1.29 is 43.7 Å². The van der Waals surface area contributed by atoms with E-state index in [0.717, 1.165) is 14.5 Å². The van der Waals surface area contributed by atoms with Crippen molar-refractivity contribution in [3.63, 3.8) is 0 Å². The number of aliphatic hydroxyl groups excluding tert-OH is 2. The second-order valence-electron chi connectivity index (χ2n) is 11.4. The highest BCUT2D eigenvalue weighted by atomic mass is 79.9. The van der Waals surface area contributed by atoms with Crippen molar-refractivity contribution >= 4 is 119 Å². The summed E-state index contributed by atoms with van der Waals surface area (Å²) in [4.78, 5) is 36.8. The molecule has 2 heterocycles. The quantitative estimate of drug-likeness (QED) is 0.195. The lowest BCUT2D eigenvalue weighted by Crippen LogP contribution is -2.45. The summed E-state index contributed by atoms with van der Waals surface area (Å²) in [7, 11) is 2.97. The van der Waals surface area contributed by atoms with Crippen LogP contribution in [0, 0.1) is 0 Å². The molecule has 0 fully saturated rings. The number of nitrogens with zero attached hydrogens (tertiary/aromatic N) is 2. The van der Waals surface area contributed by atoms with Crippen LogP contribution in [-0.4, -0.2) is 90.8 Å². The van der Waals surface area contributed by atoms with Crippen molar-refractivity contribution in [2.45, 2.75) is 49.1 Å². The first kappa shape index (κ1) is 39.5. The molecular formula is C31H30Br6N4O9. The van der Waals surface area contributed by atoms with Gasteiger partial charge in [0, 0.05) is 25.9 Å². The number of aliphatic hydroxyl groups is 2. The average molecular weight is 1080 g/mol. The van der Waals surface area contributed by atoms with Crippen LogP contribution in [0.2, 0.25) is 0 Å². The molecule has 0 bridgehead atoms. The van der Waals surface area contributed by atoms with Crippen LogP contribution in [0.4, 0.5) is 0 Å². The molecule has 13 nitrogen and oxygen atoms in total. The minimum Gasteiger partial charge on any atom is -0.495 e. The van der Waals surface area contributed by atoms with Gasteiger partial charge >= 0.3 is 0 Å². The molecule has 4 N–H and O–H groups in total. The molecule has 1 aromatic carbocycles. The topological polar surface area (TPSA) is 170 Å². The van der Waals surface area contributed by atoms with Gasteiger partial charge < -0.3 is 44.7 Å². The van der Waals surface area contributed by atoms with Crippen molar-refractivity contribution in [2.24, 2.45) is 10.3 Å². The maximum absolute atomic E-state index is 12.9. The molecule has 0 aromatic heterocycles. The number of carbonyl (C=O) groups excluding carboxylic acids is 2. The number of rotatable bonds is 12. The van der Waals surface area contributed by atoms with Crippen LogP contribution in [0.5, 0.6) is 5.75 Å². The number of ether oxygens (including phenoxy) is 3. The molecule has 0 saturated heterocycles. The minimum atomic E-state index is -1.23. The number of halogens is 6. The second kappa shape index (κ2) is 16.5. The van der Waals surface area contributed by atoms with Gasteiger partial charge in [-0.1, -0.05) is 10.3 Å². The predicted molar refractivity (Wildman–Crippen MR) is 205 cm³/mol. The average Bonchev–Trinajstić information content (AvgIpc) is 3.70. The van der Waals surface area contributed by atoms with E-state index in [2.05, 4.69) is 117 Å². The Morgan fingerprint density at radius 1 is 0.820 bits per heavy atom. The van der Waals surface area contributed by atoms with E-state index in [1.165, 1.54) is 14.2 Å². The van der Waals surface area contributed by atoms with E-state index in [4.69, 9.17) is 23.9 Å². The number of allylic oxidation sites excluding steroid dienone is 2. The summed E-state index contributed by atoms with van der Waals surface area (Å²) in [6, 6.07) is 3.81. The molecule has 2 aliphatic heterocycles. The molecule has 5 rings (SSSR count). The molecule has 4 aliphatic rings. The fourth-order valence-corrected chi connectivity index (χ4v) is 10.6. The Kier molecular flexibility index (Phi) is 13.0. The van der Waals surface area contributed by atoms with Gasteiger partial charge in [-0.05, 0) is 138 Å². The maximum atomic E-state index is 12.9. The number of carbonyl (C=O) groups is 2. The molecular weight excluding hydrogens is 1050 g/mol. The van der Waals surface area contributed by atoms with E-state index in [1.807, 2.05) is 12.1 Å². The van der Waals surface area contributed by atoms with E-state index in [-0.39, 0.29) is 24.3 Å². The monoisotopic (exact) mass is 1080 g/mol. The normalized spacial score (nSPS) is 25.8. The number of benzene rings is 1. The van der Waals surface area contributed by atoms with Gasteiger partial charge in [0.25, 0.3) is 11.8 Å². The molecule has 50 heavy (non-hydrogen) atoms. The highest BCUT2D eigenvalue weighted by Crippen LogP contribution is 2.45. The molecule has 2 amide bonds. The number of hydrogen-bond acceptors (Lipinski definition) is 11. The van der Waals surface area contributed by atoms with E-state index in [0.29, 0.717) is 67.7 Å². The first-order valence-corrected chi connectivity index (χ1v) is 19.7. The van der Waals surface area contributed by atoms with Gasteiger partial charge in [0.15, 0.2) is 11.2 Å². The molecule has 0 saturated carbocycles. The SMILES string of the molecule is COC1=C(Br)[C@@H](O)C2(C=C1Br)CC(C(=O)NCCc1cc(Br)c(OCCCNC(=O)C3=NO[C@]4(C=C(Br)C(OC)=C(Br)[C@@H]4O)C3)c(Br)c1)=NO2. The highest BCUT2D eigenvalue weighted by Gasteiger charge is 2.51. The summed E-state index contributed by atoms with van der Waals surface area (Å²) in [5.41, 5.74) is -1.20. The molecule has 1 aromatic rings. The van der Waals surface area contributed by atoms with Crippen molar-refractivity contribution in [3.8, 4) is 5.75 Å². The molecule has 2 spiro atoms. The van der Waals surface area contributed by atoms with Crippen molar-refractivity contribution in [3.05, 3.63) is 68.2 Å². The number of hydrogen-bond donors (Lipinski definition) is 4. The van der Waals surface area contributed by atoms with Crippen molar-refractivity contribution in [2.75, 3.05) is 33.9 Å². The Morgan fingerprint density at radius 3 is 1.74 bits per heavy atom. The largest absolute Gasteiger partial charge is 0.495 e. The van der Waals surface area contributed by atoms with Crippen molar-refractivity contribution in [1.82, 2.24) is 10.6 Å². The third kappa shape index (κ3) is 8.09. The zero-order valence-electron chi connectivity index (χ0n) is 26.3. The van der Waals surface area contributed by atoms with Crippen LogP contribution >= 0.6 is 95.6 Å². The maximum Gasteiger partial charge on any atom is 0.269 e. The van der Waals surface area contributed by atoms with Gasteiger partial charge in [-0.2, -0.15) is 0 Å². The molecule has 270 valence electrons. The Labute approximate surface area is 337 Å². The Morgan fingerprint density at radius 2 is 1.28 bits per heavy atom. The predicted octanol–water partition coefficient (Wildman–Crippen LogP) is 5.60. The van der Waals surface area contributed by atoms with Crippen LogP contribution in [0.15, 0.2) is 73.0 Å². The van der Waals surface area contributed by atoms with E-state index in [9.17, 15) is 19.8 Å². The summed E-state index contributed by atoms with van der Waals surface area (Å²) in [6.07, 6.45) is 2.25. The van der Waals surface area contributed by atoms with Crippen LogP contribution in [0.1, 0.15) is 24.8 Å². The van der Waals surface area contributed by atoms with Gasteiger partial charge in [0.2, 0.25) is 0 Å². The van der Waals surface area contributed by atoms with Crippen molar-refractivity contribution in [1.29, 1.82) is 0 Å². The zero-order valence-corrected chi connectivity index (χ0v) is 35.8. The Balaban J connectivity index is 1.04. The summed E-state index contributed by atoms with van der Waals surface area (Å²) in [5.74, 6) is 0.677. The van der Waals surface area contributed by atoms with Gasteiger partial charge in [-0.25, -0.2) is 0 Å². The number of oxime groups is 2. The summed E-state index contributed by atoms with van der Waals surface area (Å²) >= 11 is 20.6. The standard InChI is InChI=1S/C31H30Br6N4O9/c1-46-24-17(34)10-30(26(42)21(24)36)12-19(40-49-30)28(44)38-5-3-7-48-23-15(32)8-14(9-16(23)33)4-6-39-29(45)20-13-31(50-41-20)11-18(35)25(47-2)22(37)27(31)43/h8-11,26-27,42-43H,3-7,12-13H2,1-2H3,(H,38,44)(H,39,45)/t26-,27+,30+,31?/m0/s1. The fraction of sp³-hybridized carbons (Fsp3) is 0.419. The highest BCUT2D eigenvalue weighted by molar-refractivity contribution is 9.12. The fourth-order valence-electron chi connectivity index (χ4n) is 5.50. The third-order valence-corrected chi connectivity index (χ3v) is 12.0. The Hall–Kier alpha value is -1.74. The Bertz CT molecular complexity index is 1740.